The highest BCUT2D eigenvalue weighted by molar-refractivity contribution is 5.77. The molecule has 0 radical (unpaired) electrons. The number of aliphatic hydroxyl groups is 1. The van der Waals surface area contributed by atoms with Gasteiger partial charge in [-0.05, 0) is 49.9 Å². The van der Waals surface area contributed by atoms with Gasteiger partial charge in [0.1, 0.15) is 6.04 Å². The Bertz CT molecular complexity index is 828. The van der Waals surface area contributed by atoms with E-state index in [0.717, 1.165) is 49.1 Å². The third-order valence-corrected chi connectivity index (χ3v) is 6.50. The number of allylic oxidation sites excluding steroid dienone is 2. The van der Waals surface area contributed by atoms with Crippen molar-refractivity contribution in [3.05, 3.63) is 39.8 Å². The smallest absolute Gasteiger partial charge is 0.323 e. The minimum Gasteiger partial charge on any atom is -0.468 e. The molecule has 0 saturated carbocycles. The number of pyridine rings is 1. The molecule has 1 saturated heterocycles. The summed E-state index contributed by atoms with van der Waals surface area (Å²) in [5.41, 5.74) is 3.00. The first-order valence-electron chi connectivity index (χ1n) is 10.00. The fourth-order valence-electron chi connectivity index (χ4n) is 5.37. The first kappa shape index (κ1) is 18.4. The van der Waals surface area contributed by atoms with Crippen LogP contribution >= 0.6 is 0 Å². The topological polar surface area (TPSA) is 71.8 Å². The van der Waals surface area contributed by atoms with Crippen LogP contribution in [0.4, 0.5) is 0 Å². The molecule has 27 heavy (non-hydrogen) atoms. The van der Waals surface area contributed by atoms with Gasteiger partial charge < -0.3 is 14.4 Å². The fraction of sp³-hybridized carbons (Fsp3) is 0.619. The van der Waals surface area contributed by atoms with E-state index in [2.05, 4.69) is 24.0 Å². The Kier molecular flexibility index (Phi) is 4.95. The van der Waals surface area contributed by atoms with Gasteiger partial charge in [-0.3, -0.25) is 14.5 Å². The molecule has 6 heteroatoms. The Morgan fingerprint density at radius 1 is 1.37 bits per heavy atom. The van der Waals surface area contributed by atoms with Crippen molar-refractivity contribution < 1.29 is 14.6 Å². The highest BCUT2D eigenvalue weighted by atomic mass is 16.5. The second-order valence-electron chi connectivity index (χ2n) is 7.87. The lowest BCUT2D eigenvalue weighted by Gasteiger charge is -2.29. The zero-order valence-electron chi connectivity index (χ0n) is 16.1. The highest BCUT2D eigenvalue weighted by Gasteiger charge is 2.55. The van der Waals surface area contributed by atoms with E-state index in [1.54, 1.807) is 0 Å². The molecule has 1 aliphatic carbocycles. The van der Waals surface area contributed by atoms with Crippen LogP contribution in [-0.4, -0.2) is 46.8 Å². The van der Waals surface area contributed by atoms with Gasteiger partial charge in [0.15, 0.2) is 0 Å². The van der Waals surface area contributed by atoms with Gasteiger partial charge in [0, 0.05) is 36.2 Å². The van der Waals surface area contributed by atoms with E-state index >= 15 is 0 Å². The monoisotopic (exact) mass is 372 g/mol. The molecule has 4 atom stereocenters. The molecule has 1 N–H and O–H groups in total. The van der Waals surface area contributed by atoms with Crippen LogP contribution < -0.4 is 5.56 Å². The number of ether oxygens (including phenoxy) is 1. The number of aliphatic hydroxyl groups excluding tert-OH is 1. The number of likely N-dealkylation sites (tertiary alicyclic amines) is 1. The van der Waals surface area contributed by atoms with E-state index in [1.807, 2.05) is 10.6 Å². The highest BCUT2D eigenvalue weighted by Crippen LogP contribution is 2.49. The van der Waals surface area contributed by atoms with Crippen molar-refractivity contribution in [3.8, 4) is 0 Å². The SMILES string of the molecule is CCCN1[C@@H]2c3ccc(C4=CCCC4)c(=O)n3C[C@@H]2[C@@H](CO)[C@@H]1C(=O)OC. The van der Waals surface area contributed by atoms with Gasteiger partial charge in [-0.1, -0.05) is 13.0 Å². The molecule has 0 spiro atoms. The zero-order chi connectivity index (χ0) is 19.1. The van der Waals surface area contributed by atoms with Crippen LogP contribution in [0.5, 0.6) is 0 Å². The number of fused-ring (bicyclic) bond motifs is 3. The van der Waals surface area contributed by atoms with Gasteiger partial charge in [-0.25, -0.2) is 0 Å². The number of esters is 1. The minimum absolute atomic E-state index is 0.0227. The standard InChI is InChI=1S/C21H28N2O4/c1-3-10-22-18-15(16(12-24)19(22)21(26)27-2)11-23-17(18)9-8-14(20(23)25)13-6-4-5-7-13/h6,8-9,15-16,18-19,24H,3-5,7,10-12H2,1-2H3/t15-,16-,18+,19-/m1/s1. The van der Waals surface area contributed by atoms with E-state index in [-0.39, 0.29) is 36.0 Å². The van der Waals surface area contributed by atoms with Crippen LogP contribution in [0.25, 0.3) is 5.57 Å². The summed E-state index contributed by atoms with van der Waals surface area (Å²) in [6.07, 6.45) is 6.18. The van der Waals surface area contributed by atoms with Crippen molar-refractivity contribution in [2.24, 2.45) is 11.8 Å². The summed E-state index contributed by atoms with van der Waals surface area (Å²) in [5, 5.41) is 10.1. The van der Waals surface area contributed by atoms with Crippen molar-refractivity contribution in [1.82, 2.24) is 9.47 Å². The molecule has 146 valence electrons. The Hall–Kier alpha value is -1.92. The second kappa shape index (κ2) is 7.24. The van der Waals surface area contributed by atoms with Crippen molar-refractivity contribution in [2.45, 2.75) is 51.2 Å². The van der Waals surface area contributed by atoms with Crippen molar-refractivity contribution >= 4 is 11.5 Å². The third-order valence-electron chi connectivity index (χ3n) is 6.50. The van der Waals surface area contributed by atoms with Gasteiger partial charge in [0.05, 0.1) is 13.2 Å². The van der Waals surface area contributed by atoms with Gasteiger partial charge in [-0.15, -0.1) is 0 Å². The van der Waals surface area contributed by atoms with Crippen LogP contribution in [0.3, 0.4) is 0 Å². The molecule has 3 heterocycles. The summed E-state index contributed by atoms with van der Waals surface area (Å²) >= 11 is 0. The summed E-state index contributed by atoms with van der Waals surface area (Å²) in [6, 6.07) is 3.54. The predicted octanol–water partition coefficient (Wildman–Crippen LogP) is 1.96. The molecule has 0 unspecified atom stereocenters. The Labute approximate surface area is 159 Å². The molecule has 1 aromatic rings. The quantitative estimate of drug-likeness (QED) is 0.800. The van der Waals surface area contributed by atoms with E-state index in [1.165, 1.54) is 7.11 Å². The summed E-state index contributed by atoms with van der Waals surface area (Å²) < 4.78 is 6.92. The predicted molar refractivity (Wildman–Crippen MR) is 102 cm³/mol. The number of methoxy groups -OCH3 is 1. The summed E-state index contributed by atoms with van der Waals surface area (Å²) in [7, 11) is 1.40. The van der Waals surface area contributed by atoms with Crippen LogP contribution in [0.15, 0.2) is 23.0 Å². The van der Waals surface area contributed by atoms with Crippen LogP contribution in [-0.2, 0) is 16.1 Å². The average molecular weight is 372 g/mol. The maximum atomic E-state index is 13.2. The van der Waals surface area contributed by atoms with E-state index in [4.69, 9.17) is 4.74 Å². The first-order chi connectivity index (χ1) is 13.1. The van der Waals surface area contributed by atoms with Gasteiger partial charge in [0.2, 0.25) is 0 Å². The van der Waals surface area contributed by atoms with Crippen molar-refractivity contribution in [1.29, 1.82) is 0 Å². The maximum absolute atomic E-state index is 13.2. The van der Waals surface area contributed by atoms with Crippen LogP contribution in [0.2, 0.25) is 0 Å². The van der Waals surface area contributed by atoms with Crippen molar-refractivity contribution in [3.63, 3.8) is 0 Å². The summed E-state index contributed by atoms with van der Waals surface area (Å²) in [5.74, 6) is -0.466. The number of hydrogen-bond donors (Lipinski definition) is 1. The Morgan fingerprint density at radius 2 is 2.19 bits per heavy atom. The molecule has 6 nitrogen and oxygen atoms in total. The normalized spacial score (nSPS) is 29.5. The van der Waals surface area contributed by atoms with E-state index in [9.17, 15) is 14.7 Å². The molecule has 0 amide bonds. The Balaban J connectivity index is 1.77. The minimum atomic E-state index is -0.448. The second-order valence-corrected chi connectivity index (χ2v) is 7.87. The first-order valence-corrected chi connectivity index (χ1v) is 10.00. The van der Waals surface area contributed by atoms with E-state index < -0.39 is 6.04 Å². The lowest BCUT2D eigenvalue weighted by atomic mass is 9.88. The third kappa shape index (κ3) is 2.77. The molecular formula is C21H28N2O4. The molecule has 3 aliphatic rings. The number of aromatic nitrogens is 1. The lowest BCUT2D eigenvalue weighted by molar-refractivity contribution is -0.148. The fourth-order valence-corrected chi connectivity index (χ4v) is 5.37. The number of carbonyl (C=O) groups is 1. The molecule has 1 aromatic heterocycles. The summed E-state index contributed by atoms with van der Waals surface area (Å²) in [4.78, 5) is 27.8. The molecular weight excluding hydrogens is 344 g/mol. The molecule has 4 rings (SSSR count). The largest absolute Gasteiger partial charge is 0.468 e. The van der Waals surface area contributed by atoms with Gasteiger partial charge >= 0.3 is 5.97 Å². The van der Waals surface area contributed by atoms with Gasteiger partial charge in [-0.2, -0.15) is 0 Å². The van der Waals surface area contributed by atoms with Crippen LogP contribution in [0.1, 0.15) is 49.9 Å². The lowest BCUT2D eigenvalue weighted by Crippen LogP contribution is -2.43. The van der Waals surface area contributed by atoms with E-state index in [0.29, 0.717) is 6.54 Å². The average Bonchev–Trinajstić information content (AvgIpc) is 3.38. The molecule has 2 aliphatic heterocycles. The van der Waals surface area contributed by atoms with Crippen LogP contribution in [0, 0.1) is 11.8 Å². The molecule has 1 fully saturated rings. The maximum Gasteiger partial charge on any atom is 0.323 e. The zero-order valence-corrected chi connectivity index (χ0v) is 16.1. The summed E-state index contributed by atoms with van der Waals surface area (Å²) in [6.45, 7) is 3.28. The van der Waals surface area contributed by atoms with Gasteiger partial charge in [0.25, 0.3) is 5.56 Å². The Morgan fingerprint density at radius 3 is 2.81 bits per heavy atom. The number of nitrogens with zero attached hydrogens (tertiary/aromatic N) is 2. The number of hydrogen-bond acceptors (Lipinski definition) is 5. The molecule has 0 bridgehead atoms. The molecule has 0 aromatic carbocycles. The number of rotatable bonds is 5. The number of carbonyl (C=O) groups excluding carboxylic acids is 1. The van der Waals surface area contributed by atoms with Crippen molar-refractivity contribution in [2.75, 3.05) is 20.3 Å².